The second-order valence-electron chi connectivity index (χ2n) is 5.72. The van der Waals surface area contributed by atoms with Crippen LogP contribution in [0.1, 0.15) is 12.0 Å². The third kappa shape index (κ3) is 3.26. The molecule has 2 aliphatic heterocycles. The van der Waals surface area contributed by atoms with Crippen molar-refractivity contribution in [1.82, 2.24) is 14.8 Å². The molecule has 0 N–H and O–H groups in total. The van der Waals surface area contributed by atoms with Crippen molar-refractivity contribution >= 4 is 0 Å². The van der Waals surface area contributed by atoms with E-state index in [1.807, 2.05) is 24.5 Å². The third-order valence-corrected chi connectivity index (χ3v) is 4.24. The summed E-state index contributed by atoms with van der Waals surface area (Å²) in [6.07, 6.45) is 7.18. The Morgan fingerprint density at radius 2 is 2.35 bits per heavy atom. The Morgan fingerprint density at radius 1 is 1.40 bits per heavy atom. The maximum Gasteiger partial charge on any atom is 0.0721 e. The van der Waals surface area contributed by atoms with Crippen LogP contribution in [0.5, 0.6) is 0 Å². The Balaban J connectivity index is 1.52. The second-order valence-corrected chi connectivity index (χ2v) is 5.72. The average molecular weight is 273 g/mol. The first kappa shape index (κ1) is 13.7. The van der Waals surface area contributed by atoms with Crippen LogP contribution in [0.15, 0.2) is 37.2 Å². The van der Waals surface area contributed by atoms with Gasteiger partial charge in [0.15, 0.2) is 0 Å². The van der Waals surface area contributed by atoms with Crippen molar-refractivity contribution in [3.05, 3.63) is 42.7 Å². The van der Waals surface area contributed by atoms with Crippen molar-refractivity contribution in [2.24, 2.45) is 0 Å². The number of aromatic nitrogens is 1. The summed E-state index contributed by atoms with van der Waals surface area (Å²) in [5.41, 5.74) is 1.30. The molecule has 1 aromatic rings. The Kier molecular flexibility index (Phi) is 4.45. The molecule has 0 aromatic carbocycles. The molecule has 0 spiro atoms. The zero-order chi connectivity index (χ0) is 13.8. The minimum absolute atomic E-state index is 0.386. The highest BCUT2D eigenvalue weighted by atomic mass is 16.5. The number of pyridine rings is 1. The molecule has 0 aliphatic carbocycles. The van der Waals surface area contributed by atoms with E-state index in [0.29, 0.717) is 18.8 Å². The molecule has 4 heteroatoms. The Morgan fingerprint density at radius 3 is 3.15 bits per heavy atom. The average Bonchev–Trinajstić information content (AvgIpc) is 2.88. The number of hydrogen-bond donors (Lipinski definition) is 0. The predicted octanol–water partition coefficient (Wildman–Crippen LogP) is 1.54. The normalized spacial score (nSPS) is 27.4. The SMILES string of the molecule is C=CCOC1CC2CN(Cc3cccnc3)CCN2C1. The van der Waals surface area contributed by atoms with Gasteiger partial charge in [-0.25, -0.2) is 0 Å². The molecule has 1 aromatic heterocycles. The van der Waals surface area contributed by atoms with Crippen molar-refractivity contribution in [1.29, 1.82) is 0 Å². The maximum atomic E-state index is 5.81. The van der Waals surface area contributed by atoms with Gasteiger partial charge in [0, 0.05) is 51.2 Å². The first-order valence-corrected chi connectivity index (χ1v) is 7.43. The van der Waals surface area contributed by atoms with Crippen LogP contribution < -0.4 is 0 Å². The van der Waals surface area contributed by atoms with E-state index in [-0.39, 0.29) is 0 Å². The van der Waals surface area contributed by atoms with Crippen molar-refractivity contribution in [2.75, 3.05) is 32.8 Å². The van der Waals surface area contributed by atoms with E-state index in [0.717, 1.165) is 39.1 Å². The van der Waals surface area contributed by atoms with Crippen LogP contribution in [0.2, 0.25) is 0 Å². The first-order valence-electron chi connectivity index (χ1n) is 7.43. The van der Waals surface area contributed by atoms with Gasteiger partial charge in [0.1, 0.15) is 0 Å². The maximum absolute atomic E-state index is 5.81. The van der Waals surface area contributed by atoms with Gasteiger partial charge < -0.3 is 4.74 Å². The fraction of sp³-hybridized carbons (Fsp3) is 0.562. The standard InChI is InChI=1S/C16H23N3O/c1-2-8-20-16-9-15-12-18(6-7-19(15)13-16)11-14-4-3-5-17-10-14/h2-5,10,15-16H,1,6-9,11-13H2. The van der Waals surface area contributed by atoms with Crippen LogP contribution in [-0.2, 0) is 11.3 Å². The zero-order valence-corrected chi connectivity index (χ0v) is 11.9. The van der Waals surface area contributed by atoms with Crippen molar-refractivity contribution in [2.45, 2.75) is 25.1 Å². The molecule has 2 aliphatic rings. The Bertz CT molecular complexity index is 437. The molecule has 2 fully saturated rings. The highest BCUT2D eigenvalue weighted by molar-refractivity contribution is 5.08. The highest BCUT2D eigenvalue weighted by Crippen LogP contribution is 2.24. The Labute approximate surface area is 121 Å². The quantitative estimate of drug-likeness (QED) is 0.761. The molecule has 2 saturated heterocycles. The number of hydrogen-bond acceptors (Lipinski definition) is 4. The van der Waals surface area contributed by atoms with E-state index in [2.05, 4.69) is 27.4 Å². The summed E-state index contributed by atoms with van der Waals surface area (Å²) in [5, 5.41) is 0. The molecule has 20 heavy (non-hydrogen) atoms. The van der Waals surface area contributed by atoms with Crippen molar-refractivity contribution < 1.29 is 4.74 Å². The van der Waals surface area contributed by atoms with Crippen LogP contribution in [0, 0.1) is 0 Å². The summed E-state index contributed by atoms with van der Waals surface area (Å²) in [6, 6.07) is 4.82. The fourth-order valence-corrected chi connectivity index (χ4v) is 3.28. The summed E-state index contributed by atoms with van der Waals surface area (Å²) in [6.45, 7) is 9.91. The predicted molar refractivity (Wildman–Crippen MR) is 79.4 cm³/mol. The molecule has 0 radical (unpaired) electrons. The minimum atomic E-state index is 0.386. The summed E-state index contributed by atoms with van der Waals surface area (Å²) in [5.74, 6) is 0. The molecule has 2 unspecified atom stereocenters. The van der Waals surface area contributed by atoms with E-state index in [1.165, 1.54) is 5.56 Å². The van der Waals surface area contributed by atoms with Gasteiger partial charge in [-0.05, 0) is 18.1 Å². The van der Waals surface area contributed by atoms with Crippen molar-refractivity contribution in [3.8, 4) is 0 Å². The van der Waals surface area contributed by atoms with Gasteiger partial charge in [-0.3, -0.25) is 14.8 Å². The van der Waals surface area contributed by atoms with E-state index in [4.69, 9.17) is 4.74 Å². The van der Waals surface area contributed by atoms with Gasteiger partial charge in [0.05, 0.1) is 12.7 Å². The topological polar surface area (TPSA) is 28.6 Å². The van der Waals surface area contributed by atoms with Gasteiger partial charge in [-0.15, -0.1) is 6.58 Å². The van der Waals surface area contributed by atoms with Gasteiger partial charge in [-0.2, -0.15) is 0 Å². The van der Waals surface area contributed by atoms with Crippen LogP contribution in [0.4, 0.5) is 0 Å². The summed E-state index contributed by atoms with van der Waals surface area (Å²) < 4.78 is 5.81. The Hall–Kier alpha value is -1.23. The van der Waals surface area contributed by atoms with Gasteiger partial charge >= 0.3 is 0 Å². The minimum Gasteiger partial charge on any atom is -0.373 e. The summed E-state index contributed by atoms with van der Waals surface area (Å²) in [4.78, 5) is 9.31. The molecule has 2 atom stereocenters. The highest BCUT2D eigenvalue weighted by Gasteiger charge is 2.36. The van der Waals surface area contributed by atoms with Crippen LogP contribution >= 0.6 is 0 Å². The van der Waals surface area contributed by atoms with E-state index < -0.39 is 0 Å². The van der Waals surface area contributed by atoms with E-state index in [1.54, 1.807) is 0 Å². The van der Waals surface area contributed by atoms with E-state index in [9.17, 15) is 0 Å². The monoisotopic (exact) mass is 273 g/mol. The first-order chi connectivity index (χ1) is 9.85. The van der Waals surface area contributed by atoms with Crippen LogP contribution in [0.25, 0.3) is 0 Å². The van der Waals surface area contributed by atoms with Gasteiger partial charge in [-0.1, -0.05) is 12.1 Å². The van der Waals surface area contributed by atoms with Crippen LogP contribution in [0.3, 0.4) is 0 Å². The molecular formula is C16H23N3O. The molecule has 108 valence electrons. The smallest absolute Gasteiger partial charge is 0.0721 e. The molecule has 0 bridgehead atoms. The number of fused-ring (bicyclic) bond motifs is 1. The van der Waals surface area contributed by atoms with Crippen LogP contribution in [-0.4, -0.2) is 59.7 Å². The lowest BCUT2D eigenvalue weighted by Gasteiger charge is -2.37. The largest absolute Gasteiger partial charge is 0.373 e. The molecule has 3 heterocycles. The lowest BCUT2D eigenvalue weighted by Crippen LogP contribution is -2.49. The lowest BCUT2D eigenvalue weighted by atomic mass is 10.1. The number of ether oxygens (including phenoxy) is 1. The molecule has 0 amide bonds. The van der Waals surface area contributed by atoms with Gasteiger partial charge in [0.2, 0.25) is 0 Å². The molecule has 3 rings (SSSR count). The van der Waals surface area contributed by atoms with Gasteiger partial charge in [0.25, 0.3) is 0 Å². The second kappa shape index (κ2) is 6.48. The fourth-order valence-electron chi connectivity index (χ4n) is 3.28. The summed E-state index contributed by atoms with van der Waals surface area (Å²) >= 11 is 0. The number of nitrogens with zero attached hydrogens (tertiary/aromatic N) is 3. The summed E-state index contributed by atoms with van der Waals surface area (Å²) in [7, 11) is 0. The van der Waals surface area contributed by atoms with E-state index >= 15 is 0 Å². The lowest BCUT2D eigenvalue weighted by molar-refractivity contribution is 0.0758. The number of rotatable bonds is 5. The molecule has 4 nitrogen and oxygen atoms in total. The molecule has 0 saturated carbocycles. The zero-order valence-electron chi connectivity index (χ0n) is 11.9. The van der Waals surface area contributed by atoms with Crippen molar-refractivity contribution in [3.63, 3.8) is 0 Å². The molecular weight excluding hydrogens is 250 g/mol. The number of piperazine rings is 1. The third-order valence-electron chi connectivity index (χ3n) is 4.24.